The van der Waals surface area contributed by atoms with Gasteiger partial charge in [-0.15, -0.1) is 0 Å². The minimum atomic E-state index is -0.203. The van der Waals surface area contributed by atoms with E-state index in [9.17, 15) is 9.59 Å². The molecule has 2 saturated heterocycles. The molecule has 0 radical (unpaired) electrons. The van der Waals surface area contributed by atoms with E-state index >= 15 is 0 Å². The average molecular weight is 320 g/mol. The van der Waals surface area contributed by atoms with Gasteiger partial charge in [-0.3, -0.25) is 14.5 Å². The minimum Gasteiger partial charge on any atom is -0.379 e. The Labute approximate surface area is 135 Å². The van der Waals surface area contributed by atoms with E-state index in [4.69, 9.17) is 4.74 Å². The number of rotatable bonds is 3. The lowest BCUT2D eigenvalue weighted by molar-refractivity contribution is 0.0242. The van der Waals surface area contributed by atoms with Crippen LogP contribution in [0, 0.1) is 5.92 Å². The third-order valence-electron chi connectivity index (χ3n) is 4.70. The molecule has 1 amide bonds. The third kappa shape index (κ3) is 3.97. The molecule has 0 bridgehead atoms. The maximum Gasteiger partial charge on any atom is 0.274 e. The molecular weight excluding hydrogens is 296 g/mol. The standard InChI is InChI=1S/C16H24N4O3/c1-18-15(21)3-2-14(17-18)16(22)20-6-4-13(5-7-20)12-19-8-10-23-11-9-19/h2-3,13H,4-12H2,1H3. The van der Waals surface area contributed by atoms with Crippen LogP contribution in [-0.4, -0.2) is 71.4 Å². The highest BCUT2D eigenvalue weighted by Crippen LogP contribution is 2.20. The Bertz CT molecular complexity index is 602. The van der Waals surface area contributed by atoms with Crippen molar-refractivity contribution < 1.29 is 9.53 Å². The fourth-order valence-electron chi connectivity index (χ4n) is 3.25. The lowest BCUT2D eigenvalue weighted by Crippen LogP contribution is -2.44. The number of carbonyl (C=O) groups excluding carboxylic acids is 1. The Kier molecular flexibility index (Phi) is 5.07. The van der Waals surface area contributed by atoms with E-state index in [2.05, 4.69) is 10.00 Å². The summed E-state index contributed by atoms with van der Waals surface area (Å²) in [4.78, 5) is 28.2. The molecule has 0 aliphatic carbocycles. The number of hydrogen-bond acceptors (Lipinski definition) is 5. The van der Waals surface area contributed by atoms with Crippen LogP contribution < -0.4 is 5.56 Å². The fourth-order valence-corrected chi connectivity index (χ4v) is 3.25. The van der Waals surface area contributed by atoms with Crippen LogP contribution >= 0.6 is 0 Å². The Hall–Kier alpha value is -1.73. The smallest absolute Gasteiger partial charge is 0.274 e. The molecule has 0 N–H and O–H groups in total. The number of carbonyl (C=O) groups is 1. The summed E-state index contributed by atoms with van der Waals surface area (Å²) >= 11 is 0. The van der Waals surface area contributed by atoms with Crippen molar-refractivity contribution in [3.63, 3.8) is 0 Å². The number of piperidine rings is 1. The lowest BCUT2D eigenvalue weighted by Gasteiger charge is -2.35. The van der Waals surface area contributed by atoms with E-state index in [0.29, 0.717) is 11.6 Å². The zero-order valence-corrected chi connectivity index (χ0v) is 13.6. The number of aromatic nitrogens is 2. The van der Waals surface area contributed by atoms with Crippen LogP contribution in [0.5, 0.6) is 0 Å². The summed E-state index contributed by atoms with van der Waals surface area (Å²) in [5.41, 5.74) is 0.143. The van der Waals surface area contributed by atoms with Gasteiger partial charge in [0.05, 0.1) is 13.2 Å². The molecule has 1 aromatic rings. The quantitative estimate of drug-likeness (QED) is 0.782. The normalized spacial score (nSPS) is 20.7. The van der Waals surface area contributed by atoms with Crippen molar-refractivity contribution in [1.29, 1.82) is 0 Å². The Morgan fingerprint density at radius 2 is 1.91 bits per heavy atom. The Morgan fingerprint density at radius 1 is 1.22 bits per heavy atom. The van der Waals surface area contributed by atoms with Gasteiger partial charge in [-0.2, -0.15) is 5.10 Å². The molecule has 7 nitrogen and oxygen atoms in total. The van der Waals surface area contributed by atoms with Crippen molar-refractivity contribution in [2.45, 2.75) is 12.8 Å². The van der Waals surface area contributed by atoms with Gasteiger partial charge in [0, 0.05) is 45.8 Å². The number of likely N-dealkylation sites (tertiary alicyclic amines) is 1. The maximum atomic E-state index is 12.5. The van der Waals surface area contributed by atoms with Gasteiger partial charge < -0.3 is 9.64 Å². The molecule has 3 rings (SSSR count). The van der Waals surface area contributed by atoms with E-state index in [-0.39, 0.29) is 11.5 Å². The Balaban J connectivity index is 1.52. The van der Waals surface area contributed by atoms with Crippen LogP contribution in [0.1, 0.15) is 23.3 Å². The van der Waals surface area contributed by atoms with Gasteiger partial charge in [0.25, 0.3) is 11.5 Å². The van der Waals surface area contributed by atoms with Crippen LogP contribution in [-0.2, 0) is 11.8 Å². The Morgan fingerprint density at radius 3 is 2.57 bits per heavy atom. The second-order valence-electron chi connectivity index (χ2n) is 6.33. The molecule has 126 valence electrons. The van der Waals surface area contributed by atoms with Crippen LogP contribution in [0.3, 0.4) is 0 Å². The summed E-state index contributed by atoms with van der Waals surface area (Å²) in [6.07, 6.45) is 2.05. The lowest BCUT2D eigenvalue weighted by atomic mass is 9.96. The van der Waals surface area contributed by atoms with Gasteiger partial charge in [-0.05, 0) is 24.8 Å². The molecule has 2 aliphatic rings. The van der Waals surface area contributed by atoms with Gasteiger partial charge in [0.2, 0.25) is 0 Å². The molecule has 0 aromatic carbocycles. The molecular formula is C16H24N4O3. The second kappa shape index (κ2) is 7.23. The first-order chi connectivity index (χ1) is 11.1. The third-order valence-corrected chi connectivity index (χ3v) is 4.70. The summed E-state index contributed by atoms with van der Waals surface area (Å²) in [7, 11) is 1.56. The second-order valence-corrected chi connectivity index (χ2v) is 6.33. The SMILES string of the molecule is Cn1nc(C(=O)N2CCC(CN3CCOCC3)CC2)ccc1=O. The summed E-state index contributed by atoms with van der Waals surface area (Å²) in [5.74, 6) is 0.565. The van der Waals surface area contributed by atoms with Crippen molar-refractivity contribution in [3.05, 3.63) is 28.2 Å². The zero-order valence-electron chi connectivity index (χ0n) is 13.6. The maximum absolute atomic E-state index is 12.5. The molecule has 0 atom stereocenters. The van der Waals surface area contributed by atoms with Crippen LogP contribution in [0.2, 0.25) is 0 Å². The summed E-state index contributed by atoms with van der Waals surface area (Å²) < 4.78 is 6.59. The predicted molar refractivity (Wildman–Crippen MR) is 85.4 cm³/mol. The highest BCUT2D eigenvalue weighted by Gasteiger charge is 2.26. The van der Waals surface area contributed by atoms with Crippen LogP contribution in [0.25, 0.3) is 0 Å². The van der Waals surface area contributed by atoms with E-state index in [0.717, 1.165) is 58.8 Å². The fraction of sp³-hybridized carbons (Fsp3) is 0.688. The summed E-state index contributed by atoms with van der Waals surface area (Å²) in [6, 6.07) is 2.91. The molecule has 0 saturated carbocycles. The van der Waals surface area contributed by atoms with E-state index in [1.165, 1.54) is 16.8 Å². The van der Waals surface area contributed by atoms with Gasteiger partial charge in [-0.25, -0.2) is 4.68 Å². The van der Waals surface area contributed by atoms with Gasteiger partial charge in [0.15, 0.2) is 0 Å². The molecule has 23 heavy (non-hydrogen) atoms. The number of hydrogen-bond donors (Lipinski definition) is 0. The van der Waals surface area contributed by atoms with E-state index in [1.807, 2.05) is 4.90 Å². The number of ether oxygens (including phenoxy) is 1. The molecule has 7 heteroatoms. The van der Waals surface area contributed by atoms with Crippen molar-refractivity contribution in [2.24, 2.45) is 13.0 Å². The molecule has 2 fully saturated rings. The van der Waals surface area contributed by atoms with Gasteiger partial charge >= 0.3 is 0 Å². The van der Waals surface area contributed by atoms with E-state index < -0.39 is 0 Å². The average Bonchev–Trinajstić information content (AvgIpc) is 2.58. The highest BCUT2D eigenvalue weighted by molar-refractivity contribution is 5.92. The van der Waals surface area contributed by atoms with Crippen molar-refractivity contribution in [1.82, 2.24) is 19.6 Å². The van der Waals surface area contributed by atoms with Crippen LogP contribution in [0.4, 0.5) is 0 Å². The number of nitrogens with zero attached hydrogens (tertiary/aromatic N) is 4. The molecule has 2 aliphatic heterocycles. The summed E-state index contributed by atoms with van der Waals surface area (Å²) in [6.45, 7) is 6.31. The largest absolute Gasteiger partial charge is 0.379 e. The molecule has 0 spiro atoms. The summed E-state index contributed by atoms with van der Waals surface area (Å²) in [5, 5.41) is 4.05. The first-order valence-corrected chi connectivity index (χ1v) is 8.27. The van der Waals surface area contributed by atoms with Crippen molar-refractivity contribution in [2.75, 3.05) is 45.9 Å². The minimum absolute atomic E-state index is 0.0783. The predicted octanol–water partition coefficient (Wildman–Crippen LogP) is -0.0353. The monoisotopic (exact) mass is 320 g/mol. The molecule has 1 aromatic heterocycles. The topological polar surface area (TPSA) is 67.7 Å². The zero-order chi connectivity index (χ0) is 16.2. The number of morpholine rings is 1. The number of amides is 1. The van der Waals surface area contributed by atoms with Crippen molar-refractivity contribution in [3.8, 4) is 0 Å². The number of aryl methyl sites for hydroxylation is 1. The van der Waals surface area contributed by atoms with Gasteiger partial charge in [-0.1, -0.05) is 0 Å². The van der Waals surface area contributed by atoms with E-state index in [1.54, 1.807) is 7.05 Å². The van der Waals surface area contributed by atoms with Crippen LogP contribution in [0.15, 0.2) is 16.9 Å². The first-order valence-electron chi connectivity index (χ1n) is 8.27. The molecule has 0 unspecified atom stereocenters. The van der Waals surface area contributed by atoms with Crippen molar-refractivity contribution >= 4 is 5.91 Å². The first kappa shape index (κ1) is 16.1. The van der Waals surface area contributed by atoms with Gasteiger partial charge in [0.1, 0.15) is 5.69 Å². The molecule has 3 heterocycles. The highest BCUT2D eigenvalue weighted by atomic mass is 16.5.